The Balaban J connectivity index is 2.36. The molecule has 0 spiro atoms. The van der Waals surface area contributed by atoms with Crippen molar-refractivity contribution < 1.29 is 39.5 Å². The van der Waals surface area contributed by atoms with Gasteiger partial charge in [-0.15, -0.1) is 0 Å². The van der Waals surface area contributed by atoms with E-state index in [0.29, 0.717) is 12.1 Å². The van der Waals surface area contributed by atoms with Gasteiger partial charge in [0.2, 0.25) is 19.9 Å². The van der Waals surface area contributed by atoms with Crippen molar-refractivity contribution in [3.05, 3.63) is 54.1 Å². The molecule has 0 aliphatic heterocycles. The number of nitrogens with zero attached hydrogens (tertiary/aromatic N) is 1. The lowest BCUT2D eigenvalue weighted by molar-refractivity contribution is -0.139. The van der Waals surface area contributed by atoms with Crippen LogP contribution in [0.15, 0.2) is 63.2 Å². The average molecular weight is 537 g/mol. The molecule has 0 aliphatic rings. The largest absolute Gasteiger partial charge is 0.453 e. The molecule has 2 aromatic rings. The van der Waals surface area contributed by atoms with Crippen LogP contribution < -0.4 is 4.72 Å². The zero-order valence-corrected chi connectivity index (χ0v) is 21.2. The van der Waals surface area contributed by atoms with Crippen molar-refractivity contribution in [3.8, 4) is 0 Å². The van der Waals surface area contributed by atoms with Gasteiger partial charge in [0, 0.05) is 18.6 Å². The summed E-state index contributed by atoms with van der Waals surface area (Å²) in [7, 11) is -7.84. The highest BCUT2D eigenvalue weighted by Gasteiger charge is 2.38. The molecule has 1 amide bonds. The van der Waals surface area contributed by atoms with Gasteiger partial charge in [-0.1, -0.05) is 18.2 Å². The normalized spacial score (nSPS) is 12.9. The molecule has 1 N–H and O–H groups in total. The molecule has 8 nitrogen and oxygen atoms in total. The number of halogens is 3. The first-order valence-corrected chi connectivity index (χ1v) is 13.3. The Kier molecular flexibility index (Phi) is 8.61. The second-order valence-corrected chi connectivity index (χ2v) is 12.2. The summed E-state index contributed by atoms with van der Waals surface area (Å²) in [4.78, 5) is 11.3. The number of hydrogen-bond donors (Lipinski definition) is 1. The van der Waals surface area contributed by atoms with E-state index in [4.69, 9.17) is 4.74 Å². The molecule has 13 heteroatoms. The van der Waals surface area contributed by atoms with Gasteiger partial charge in [-0.25, -0.2) is 26.4 Å². The zero-order valence-electron chi connectivity index (χ0n) is 19.6. The highest BCUT2D eigenvalue weighted by atomic mass is 32.2. The van der Waals surface area contributed by atoms with E-state index in [1.54, 1.807) is 26.8 Å². The SMILES string of the molecule is COC(=O)N(CCCNS(=O)(=O)c1cc(S(=O)(=O)c2ccccc2)ccc1C(F)(F)F)C(C)(C)C. The van der Waals surface area contributed by atoms with Crippen molar-refractivity contribution in [2.75, 3.05) is 20.2 Å². The lowest BCUT2D eigenvalue weighted by atomic mass is 10.1. The van der Waals surface area contributed by atoms with Crippen LogP contribution in [0, 0.1) is 0 Å². The van der Waals surface area contributed by atoms with Crippen molar-refractivity contribution in [1.82, 2.24) is 9.62 Å². The number of carbonyl (C=O) groups is 1. The van der Waals surface area contributed by atoms with E-state index >= 15 is 0 Å². The first kappa shape index (κ1) is 28.6. The molecule has 2 rings (SSSR count). The lowest BCUT2D eigenvalue weighted by Crippen LogP contribution is -2.46. The van der Waals surface area contributed by atoms with E-state index in [1.165, 1.54) is 36.3 Å². The lowest BCUT2D eigenvalue weighted by Gasteiger charge is -2.34. The maximum absolute atomic E-state index is 13.6. The minimum absolute atomic E-state index is 0.0627. The number of sulfone groups is 1. The molecule has 0 saturated carbocycles. The second-order valence-electron chi connectivity index (χ2n) is 8.52. The molecular formula is C22H27F3N2O6S2. The topological polar surface area (TPSA) is 110 Å². The van der Waals surface area contributed by atoms with Crippen molar-refractivity contribution in [2.24, 2.45) is 0 Å². The Morgan fingerprint density at radius 2 is 1.57 bits per heavy atom. The average Bonchev–Trinajstić information content (AvgIpc) is 2.77. The van der Waals surface area contributed by atoms with Gasteiger partial charge in [-0.2, -0.15) is 13.2 Å². The zero-order chi connectivity index (χ0) is 26.7. The molecule has 0 atom stereocenters. The predicted molar refractivity (Wildman–Crippen MR) is 122 cm³/mol. The number of ether oxygens (including phenoxy) is 1. The Hall–Kier alpha value is -2.64. The number of hydrogen-bond acceptors (Lipinski definition) is 6. The number of methoxy groups -OCH3 is 1. The van der Waals surface area contributed by atoms with Crippen LogP contribution in [-0.2, 0) is 30.8 Å². The van der Waals surface area contributed by atoms with E-state index < -0.39 is 53.0 Å². The molecule has 0 aliphatic carbocycles. The van der Waals surface area contributed by atoms with E-state index in [2.05, 4.69) is 4.72 Å². The van der Waals surface area contributed by atoms with E-state index in [-0.39, 0.29) is 24.4 Å². The van der Waals surface area contributed by atoms with Gasteiger partial charge in [0.1, 0.15) is 0 Å². The summed E-state index contributed by atoms with van der Waals surface area (Å²) < 4.78 is 98.9. The summed E-state index contributed by atoms with van der Waals surface area (Å²) in [6, 6.07) is 8.60. The third kappa shape index (κ3) is 6.95. The number of rotatable bonds is 8. The minimum atomic E-state index is -5.05. The van der Waals surface area contributed by atoms with Crippen LogP contribution in [0.1, 0.15) is 32.8 Å². The molecule has 0 unspecified atom stereocenters. The van der Waals surface area contributed by atoms with Crippen molar-refractivity contribution in [1.29, 1.82) is 0 Å². The maximum Gasteiger partial charge on any atom is 0.417 e. The van der Waals surface area contributed by atoms with Gasteiger partial charge < -0.3 is 9.64 Å². The van der Waals surface area contributed by atoms with Gasteiger partial charge in [-0.05, 0) is 57.5 Å². The number of amides is 1. The molecular weight excluding hydrogens is 509 g/mol. The fraction of sp³-hybridized carbons (Fsp3) is 0.409. The van der Waals surface area contributed by atoms with E-state index in [1.807, 2.05) is 0 Å². The molecule has 2 aromatic carbocycles. The standard InChI is InChI=1S/C22H27F3N2O6S2/c1-21(2,3)27(20(28)33-4)14-8-13-26-35(31,32)19-15-17(11-12-18(19)22(23,24)25)34(29,30)16-9-6-5-7-10-16/h5-7,9-12,15,26H,8,13-14H2,1-4H3. The summed E-state index contributed by atoms with van der Waals surface area (Å²) in [5.41, 5.74) is -2.14. The van der Waals surface area contributed by atoms with Gasteiger partial charge in [0.15, 0.2) is 0 Å². The Morgan fingerprint density at radius 3 is 2.09 bits per heavy atom. The number of carbonyl (C=O) groups excluding carboxylic acids is 1. The number of benzene rings is 2. The monoisotopic (exact) mass is 536 g/mol. The highest BCUT2D eigenvalue weighted by Crippen LogP contribution is 2.36. The number of sulfonamides is 1. The van der Waals surface area contributed by atoms with Gasteiger partial charge in [0.25, 0.3) is 0 Å². The summed E-state index contributed by atoms with van der Waals surface area (Å²) in [5.74, 6) is 0. The summed E-state index contributed by atoms with van der Waals surface area (Å²) in [6.07, 6.45) is -5.62. The molecule has 0 radical (unpaired) electrons. The summed E-state index contributed by atoms with van der Waals surface area (Å²) in [6.45, 7) is 4.97. The fourth-order valence-corrected chi connectivity index (χ4v) is 5.90. The van der Waals surface area contributed by atoms with Crippen LogP contribution in [-0.4, -0.2) is 53.6 Å². The van der Waals surface area contributed by atoms with Crippen LogP contribution >= 0.6 is 0 Å². The Labute approximate surface area is 203 Å². The molecule has 0 saturated heterocycles. The molecule has 0 heterocycles. The quantitative estimate of drug-likeness (QED) is 0.510. The maximum atomic E-state index is 13.6. The smallest absolute Gasteiger partial charge is 0.417 e. The van der Waals surface area contributed by atoms with Crippen LogP contribution in [0.25, 0.3) is 0 Å². The van der Waals surface area contributed by atoms with E-state index in [9.17, 15) is 34.8 Å². The van der Waals surface area contributed by atoms with Gasteiger partial charge in [-0.3, -0.25) is 0 Å². The highest BCUT2D eigenvalue weighted by molar-refractivity contribution is 7.91. The van der Waals surface area contributed by atoms with Gasteiger partial charge >= 0.3 is 12.3 Å². The molecule has 194 valence electrons. The number of alkyl halides is 3. The van der Waals surface area contributed by atoms with E-state index in [0.717, 1.165) is 6.07 Å². The van der Waals surface area contributed by atoms with Crippen molar-refractivity contribution in [2.45, 2.75) is 53.6 Å². The first-order chi connectivity index (χ1) is 16.0. The van der Waals surface area contributed by atoms with Crippen LogP contribution in [0.3, 0.4) is 0 Å². The first-order valence-electron chi connectivity index (χ1n) is 10.4. The van der Waals surface area contributed by atoms with Crippen LogP contribution in [0.4, 0.5) is 18.0 Å². The van der Waals surface area contributed by atoms with Gasteiger partial charge in [0.05, 0.1) is 27.4 Å². The molecule has 0 aromatic heterocycles. The third-order valence-electron chi connectivity index (χ3n) is 4.97. The van der Waals surface area contributed by atoms with Crippen LogP contribution in [0.5, 0.6) is 0 Å². The number of nitrogens with one attached hydrogen (secondary N) is 1. The Morgan fingerprint density at radius 1 is 0.971 bits per heavy atom. The molecule has 35 heavy (non-hydrogen) atoms. The third-order valence-corrected chi connectivity index (χ3v) is 8.24. The summed E-state index contributed by atoms with van der Waals surface area (Å²) in [5, 5.41) is 0. The minimum Gasteiger partial charge on any atom is -0.453 e. The molecule has 0 bridgehead atoms. The molecule has 0 fully saturated rings. The Bertz CT molecular complexity index is 1260. The predicted octanol–water partition coefficient (Wildman–Crippen LogP) is 4.07. The fourth-order valence-electron chi connectivity index (χ4n) is 3.19. The van der Waals surface area contributed by atoms with Crippen molar-refractivity contribution in [3.63, 3.8) is 0 Å². The van der Waals surface area contributed by atoms with Crippen LogP contribution in [0.2, 0.25) is 0 Å². The summed E-state index contributed by atoms with van der Waals surface area (Å²) >= 11 is 0. The second kappa shape index (κ2) is 10.5. The van der Waals surface area contributed by atoms with Crippen molar-refractivity contribution >= 4 is 26.0 Å².